The van der Waals surface area contributed by atoms with Crippen molar-refractivity contribution in [1.29, 1.82) is 0 Å². The van der Waals surface area contributed by atoms with E-state index < -0.39 is 0 Å². The van der Waals surface area contributed by atoms with Crippen LogP contribution >= 0.6 is 15.9 Å². The van der Waals surface area contributed by atoms with Gasteiger partial charge in [-0.15, -0.1) is 0 Å². The Morgan fingerprint density at radius 2 is 2.25 bits per heavy atom. The van der Waals surface area contributed by atoms with E-state index in [1.807, 2.05) is 7.05 Å². The molecule has 1 saturated heterocycles. The lowest BCUT2D eigenvalue weighted by Crippen LogP contribution is -2.54. The van der Waals surface area contributed by atoms with Crippen LogP contribution in [0.15, 0.2) is 22.7 Å². The second kappa shape index (κ2) is 6.43. The molecule has 5 heteroatoms. The molecule has 1 fully saturated rings. The van der Waals surface area contributed by atoms with E-state index in [0.717, 1.165) is 24.1 Å². The van der Waals surface area contributed by atoms with Crippen LogP contribution in [0.4, 0.5) is 5.69 Å². The van der Waals surface area contributed by atoms with Gasteiger partial charge >= 0.3 is 0 Å². The third-order valence-electron chi connectivity index (χ3n) is 3.43. The molecule has 0 aromatic heterocycles. The molecule has 0 saturated carbocycles. The summed E-state index contributed by atoms with van der Waals surface area (Å²) in [7, 11) is 1.95. The van der Waals surface area contributed by atoms with Crippen LogP contribution in [-0.4, -0.2) is 43.6 Å². The molecule has 0 spiro atoms. The van der Waals surface area contributed by atoms with Crippen molar-refractivity contribution in [2.24, 2.45) is 0 Å². The summed E-state index contributed by atoms with van der Waals surface area (Å²) in [5, 5.41) is 12.6. The lowest BCUT2D eigenvalue weighted by Gasteiger charge is -2.44. The van der Waals surface area contributed by atoms with Crippen molar-refractivity contribution in [3.63, 3.8) is 0 Å². The summed E-state index contributed by atoms with van der Waals surface area (Å²) in [6, 6.07) is 6.33. The van der Waals surface area contributed by atoms with Crippen molar-refractivity contribution in [2.75, 3.05) is 31.6 Å². The minimum absolute atomic E-state index is 0.0534. The van der Waals surface area contributed by atoms with Crippen molar-refractivity contribution in [2.45, 2.75) is 32.1 Å². The summed E-state index contributed by atoms with van der Waals surface area (Å²) in [5.74, 6) is 0. The molecule has 20 heavy (non-hydrogen) atoms. The number of nitrogens with zero attached hydrogens (tertiary/aromatic N) is 1. The van der Waals surface area contributed by atoms with E-state index in [1.165, 1.54) is 11.3 Å². The Morgan fingerprint density at radius 1 is 1.50 bits per heavy atom. The van der Waals surface area contributed by atoms with Gasteiger partial charge in [0.2, 0.25) is 0 Å². The summed E-state index contributed by atoms with van der Waals surface area (Å²) in [4.78, 5) is 2.31. The molecule has 4 nitrogen and oxygen atoms in total. The molecule has 1 aromatic carbocycles. The van der Waals surface area contributed by atoms with Crippen LogP contribution in [0.2, 0.25) is 0 Å². The van der Waals surface area contributed by atoms with Crippen molar-refractivity contribution in [3.8, 4) is 0 Å². The molecule has 1 aliphatic heterocycles. The van der Waals surface area contributed by atoms with Crippen LogP contribution in [-0.2, 0) is 11.3 Å². The fourth-order valence-electron chi connectivity index (χ4n) is 2.77. The first-order chi connectivity index (χ1) is 9.45. The van der Waals surface area contributed by atoms with Gasteiger partial charge in [0, 0.05) is 29.8 Å². The van der Waals surface area contributed by atoms with Gasteiger partial charge in [-0.3, -0.25) is 0 Å². The van der Waals surface area contributed by atoms with Crippen LogP contribution in [0.5, 0.6) is 0 Å². The number of aliphatic hydroxyl groups excluding tert-OH is 1. The van der Waals surface area contributed by atoms with Crippen molar-refractivity contribution >= 4 is 21.6 Å². The summed E-state index contributed by atoms with van der Waals surface area (Å²) in [6.07, 6.45) is -0.134. The van der Waals surface area contributed by atoms with Crippen LogP contribution in [0, 0.1) is 0 Å². The Bertz CT molecular complexity index is 465. The van der Waals surface area contributed by atoms with Crippen LogP contribution in [0.3, 0.4) is 0 Å². The first kappa shape index (κ1) is 15.8. The minimum Gasteiger partial charge on any atom is -0.394 e. The van der Waals surface area contributed by atoms with Crippen LogP contribution in [0.1, 0.15) is 19.4 Å². The van der Waals surface area contributed by atoms with Gasteiger partial charge in [0.05, 0.1) is 18.3 Å². The molecule has 2 rings (SSSR count). The van der Waals surface area contributed by atoms with Crippen LogP contribution < -0.4 is 10.2 Å². The van der Waals surface area contributed by atoms with Gasteiger partial charge in [-0.05, 0) is 44.7 Å². The third-order valence-corrected chi connectivity index (χ3v) is 3.93. The van der Waals surface area contributed by atoms with E-state index >= 15 is 0 Å². The van der Waals surface area contributed by atoms with E-state index in [-0.39, 0.29) is 18.3 Å². The lowest BCUT2D eigenvalue weighted by atomic mass is 10.0. The topological polar surface area (TPSA) is 44.7 Å². The molecule has 0 amide bonds. The Kier molecular flexibility index (Phi) is 5.07. The third kappa shape index (κ3) is 3.73. The zero-order chi connectivity index (χ0) is 14.8. The predicted molar refractivity (Wildman–Crippen MR) is 85.2 cm³/mol. The lowest BCUT2D eigenvalue weighted by molar-refractivity contribution is -0.101. The molecule has 0 bridgehead atoms. The van der Waals surface area contributed by atoms with Gasteiger partial charge in [-0.25, -0.2) is 0 Å². The average molecular weight is 343 g/mol. The normalized spacial score (nSPS) is 22.1. The molecule has 1 heterocycles. The Morgan fingerprint density at radius 3 is 2.90 bits per heavy atom. The number of nitrogens with one attached hydrogen (secondary N) is 1. The second-order valence-corrected chi connectivity index (χ2v) is 6.78. The van der Waals surface area contributed by atoms with E-state index in [1.54, 1.807) is 0 Å². The first-order valence-corrected chi connectivity index (χ1v) is 7.71. The Hall–Kier alpha value is -0.620. The smallest absolute Gasteiger partial charge is 0.0988 e. The SMILES string of the molecule is CNCc1cc(Br)ccc1N1CC(CO)OC(C)(C)C1. The number of hydrogen-bond donors (Lipinski definition) is 2. The zero-order valence-corrected chi connectivity index (χ0v) is 13.9. The maximum absolute atomic E-state index is 9.43. The van der Waals surface area contributed by atoms with Crippen molar-refractivity contribution in [3.05, 3.63) is 28.2 Å². The predicted octanol–water partition coefficient (Wildman–Crippen LogP) is 2.14. The fourth-order valence-corrected chi connectivity index (χ4v) is 3.18. The molecular formula is C15H23BrN2O2. The van der Waals surface area contributed by atoms with Gasteiger partial charge in [-0.2, -0.15) is 0 Å². The maximum Gasteiger partial charge on any atom is 0.0988 e. The molecule has 1 aromatic rings. The highest BCUT2D eigenvalue weighted by molar-refractivity contribution is 9.10. The van der Waals surface area contributed by atoms with Crippen molar-refractivity contribution in [1.82, 2.24) is 5.32 Å². The quantitative estimate of drug-likeness (QED) is 0.879. The van der Waals surface area contributed by atoms with Gasteiger partial charge in [0.25, 0.3) is 0 Å². The second-order valence-electron chi connectivity index (χ2n) is 5.87. The van der Waals surface area contributed by atoms with E-state index in [4.69, 9.17) is 4.74 Å². The highest BCUT2D eigenvalue weighted by Crippen LogP contribution is 2.30. The van der Waals surface area contributed by atoms with E-state index in [0.29, 0.717) is 0 Å². The fraction of sp³-hybridized carbons (Fsp3) is 0.600. The summed E-state index contributed by atoms with van der Waals surface area (Å²) < 4.78 is 6.96. The Labute approximate surface area is 129 Å². The minimum atomic E-state index is -0.254. The standard InChI is InChI=1S/C15H23BrN2O2/c1-15(2)10-18(8-13(9-19)20-15)14-5-4-12(16)6-11(14)7-17-3/h4-6,13,17,19H,7-10H2,1-3H3. The summed E-state index contributed by atoms with van der Waals surface area (Å²) in [5.41, 5.74) is 2.20. The maximum atomic E-state index is 9.43. The molecule has 112 valence electrons. The van der Waals surface area contributed by atoms with Crippen molar-refractivity contribution < 1.29 is 9.84 Å². The molecular weight excluding hydrogens is 320 g/mol. The first-order valence-electron chi connectivity index (χ1n) is 6.92. The van der Waals surface area contributed by atoms with E-state index in [2.05, 4.69) is 58.2 Å². The largest absolute Gasteiger partial charge is 0.394 e. The van der Waals surface area contributed by atoms with E-state index in [9.17, 15) is 5.11 Å². The van der Waals surface area contributed by atoms with Gasteiger partial charge in [0.15, 0.2) is 0 Å². The number of morpholine rings is 1. The number of anilines is 1. The highest BCUT2D eigenvalue weighted by Gasteiger charge is 2.33. The number of halogens is 1. The Balaban J connectivity index is 2.29. The van der Waals surface area contributed by atoms with Crippen LogP contribution in [0.25, 0.3) is 0 Å². The number of benzene rings is 1. The average Bonchev–Trinajstić information content (AvgIpc) is 2.37. The number of hydrogen-bond acceptors (Lipinski definition) is 4. The number of ether oxygens (including phenoxy) is 1. The monoisotopic (exact) mass is 342 g/mol. The molecule has 2 N–H and O–H groups in total. The number of rotatable bonds is 4. The van der Waals surface area contributed by atoms with Gasteiger partial charge in [0.1, 0.15) is 0 Å². The molecule has 1 atom stereocenters. The molecule has 0 aliphatic carbocycles. The van der Waals surface area contributed by atoms with Gasteiger partial charge in [-0.1, -0.05) is 15.9 Å². The summed E-state index contributed by atoms with van der Waals surface area (Å²) in [6.45, 7) is 6.55. The number of aliphatic hydroxyl groups is 1. The highest BCUT2D eigenvalue weighted by atomic mass is 79.9. The molecule has 1 unspecified atom stereocenters. The molecule has 0 radical (unpaired) electrons. The summed E-state index contributed by atoms with van der Waals surface area (Å²) >= 11 is 3.53. The molecule has 1 aliphatic rings. The van der Waals surface area contributed by atoms with Gasteiger partial charge < -0.3 is 20.1 Å². The zero-order valence-electron chi connectivity index (χ0n) is 12.3.